The summed E-state index contributed by atoms with van der Waals surface area (Å²) in [4.78, 5) is 21.6. The topological polar surface area (TPSA) is 77.6 Å². The number of rotatable bonds is 6. The van der Waals surface area contributed by atoms with Gasteiger partial charge in [-0.1, -0.05) is 24.6 Å². The van der Waals surface area contributed by atoms with Crippen molar-refractivity contribution >= 4 is 23.4 Å². The van der Waals surface area contributed by atoms with E-state index in [4.69, 9.17) is 11.6 Å². The summed E-state index contributed by atoms with van der Waals surface area (Å²) >= 11 is 5.79. The van der Waals surface area contributed by atoms with Crippen LogP contribution in [0.1, 0.15) is 24.9 Å². The lowest BCUT2D eigenvalue weighted by molar-refractivity contribution is 0.541. The minimum Gasteiger partial charge on any atom is -0.309 e. The molecule has 0 fully saturated rings. The summed E-state index contributed by atoms with van der Waals surface area (Å²) < 4.78 is 17.2. The first-order valence-electron chi connectivity index (χ1n) is 9.72. The summed E-state index contributed by atoms with van der Waals surface area (Å²) in [5.41, 5.74) is 1.74. The molecule has 4 rings (SSSR count). The summed E-state index contributed by atoms with van der Waals surface area (Å²) in [7, 11) is 1.81. The quantitative estimate of drug-likeness (QED) is 0.477. The van der Waals surface area contributed by atoms with Crippen molar-refractivity contribution in [2.45, 2.75) is 19.4 Å². The smallest absolute Gasteiger partial charge is 0.251 e. The molecule has 0 bridgehead atoms. The number of halogens is 2. The van der Waals surface area contributed by atoms with Crippen LogP contribution < -0.4 is 10.9 Å². The molecule has 1 atom stereocenters. The van der Waals surface area contributed by atoms with E-state index >= 15 is 0 Å². The van der Waals surface area contributed by atoms with E-state index < -0.39 is 5.82 Å². The molecule has 0 unspecified atom stereocenters. The van der Waals surface area contributed by atoms with Crippen molar-refractivity contribution in [2.24, 2.45) is 7.05 Å². The molecule has 0 saturated carbocycles. The average molecular weight is 439 g/mol. The Bertz CT molecular complexity index is 1280. The van der Waals surface area contributed by atoms with Gasteiger partial charge in [0.2, 0.25) is 5.95 Å². The molecule has 0 aliphatic rings. The molecule has 3 heterocycles. The van der Waals surface area contributed by atoms with Gasteiger partial charge >= 0.3 is 0 Å². The minimum absolute atomic E-state index is 0.0561. The molecule has 0 aliphatic carbocycles. The van der Waals surface area contributed by atoms with Crippen molar-refractivity contribution in [1.29, 1.82) is 0 Å². The standard InChI is InChI=1S/C22H20ClFN6O/c1-3-19(15-4-5-16(23)17(24)12-15)30-11-8-14(13-21(30)31)18-6-9-25-22(27-18)28-20-7-10-26-29(20)2/h4-13,19H,3H2,1-2H3,(H,25,27,28)/t19-/m1/s1. The van der Waals surface area contributed by atoms with Crippen LogP contribution in [0.3, 0.4) is 0 Å². The lowest BCUT2D eigenvalue weighted by Crippen LogP contribution is -2.24. The highest BCUT2D eigenvalue weighted by Gasteiger charge is 2.16. The molecule has 4 aromatic rings. The van der Waals surface area contributed by atoms with Crippen LogP contribution in [0, 0.1) is 5.82 Å². The zero-order valence-corrected chi connectivity index (χ0v) is 17.7. The van der Waals surface area contributed by atoms with E-state index in [-0.39, 0.29) is 16.6 Å². The van der Waals surface area contributed by atoms with Crippen molar-refractivity contribution in [3.63, 3.8) is 0 Å². The average Bonchev–Trinajstić information content (AvgIpc) is 3.16. The highest BCUT2D eigenvalue weighted by atomic mass is 35.5. The normalized spacial score (nSPS) is 12.0. The van der Waals surface area contributed by atoms with Crippen molar-refractivity contribution in [1.82, 2.24) is 24.3 Å². The van der Waals surface area contributed by atoms with Crippen LogP contribution >= 0.6 is 11.6 Å². The maximum Gasteiger partial charge on any atom is 0.251 e. The Morgan fingerprint density at radius 1 is 1.16 bits per heavy atom. The predicted octanol–water partition coefficient (Wildman–Crippen LogP) is 4.57. The molecule has 158 valence electrons. The van der Waals surface area contributed by atoms with Crippen molar-refractivity contribution < 1.29 is 4.39 Å². The fourth-order valence-electron chi connectivity index (χ4n) is 3.41. The van der Waals surface area contributed by atoms with Crippen LogP contribution in [0.4, 0.5) is 16.2 Å². The molecule has 0 aliphatic heterocycles. The van der Waals surface area contributed by atoms with Gasteiger partial charge in [-0.25, -0.2) is 14.4 Å². The molecule has 1 N–H and O–H groups in total. The van der Waals surface area contributed by atoms with Gasteiger partial charge in [-0.2, -0.15) is 5.10 Å². The van der Waals surface area contributed by atoms with Crippen LogP contribution in [-0.4, -0.2) is 24.3 Å². The van der Waals surface area contributed by atoms with Crippen molar-refractivity contribution in [2.75, 3.05) is 5.32 Å². The second-order valence-electron chi connectivity index (χ2n) is 6.99. The first kappa shape index (κ1) is 20.7. The molecule has 0 saturated heterocycles. The molecule has 0 amide bonds. The Kier molecular flexibility index (Phi) is 5.81. The third-order valence-electron chi connectivity index (χ3n) is 5.01. The van der Waals surface area contributed by atoms with E-state index in [0.717, 1.165) is 5.82 Å². The summed E-state index contributed by atoms with van der Waals surface area (Å²) in [6, 6.07) is 11.2. The molecule has 0 spiro atoms. The van der Waals surface area contributed by atoms with Crippen molar-refractivity contribution in [3.05, 3.63) is 87.8 Å². The van der Waals surface area contributed by atoms with E-state index in [1.54, 1.807) is 40.0 Å². The SMILES string of the molecule is CC[C@H](c1ccc(Cl)c(F)c1)n1ccc(-c2ccnc(Nc3ccnn3C)n2)cc1=O. The second kappa shape index (κ2) is 8.69. The number of pyridine rings is 1. The number of aryl methyl sites for hydroxylation is 1. The molecular weight excluding hydrogens is 419 g/mol. The van der Waals surface area contributed by atoms with E-state index in [9.17, 15) is 9.18 Å². The summed E-state index contributed by atoms with van der Waals surface area (Å²) in [5, 5.41) is 7.25. The fraction of sp³-hybridized carbons (Fsp3) is 0.182. The molecule has 31 heavy (non-hydrogen) atoms. The molecule has 7 nitrogen and oxygen atoms in total. The monoisotopic (exact) mass is 438 g/mol. The van der Waals surface area contributed by atoms with E-state index in [1.165, 1.54) is 18.2 Å². The van der Waals surface area contributed by atoms with Gasteiger partial charge in [-0.3, -0.25) is 9.48 Å². The van der Waals surface area contributed by atoms with Gasteiger partial charge in [0.25, 0.3) is 5.56 Å². The Morgan fingerprint density at radius 2 is 2.00 bits per heavy atom. The number of hydrogen-bond donors (Lipinski definition) is 1. The Balaban J connectivity index is 1.64. The van der Waals surface area contributed by atoms with Crippen molar-refractivity contribution in [3.8, 4) is 11.3 Å². The number of nitrogens with one attached hydrogen (secondary N) is 1. The van der Waals surface area contributed by atoms with Gasteiger partial charge < -0.3 is 9.88 Å². The zero-order valence-electron chi connectivity index (χ0n) is 17.0. The van der Waals surface area contributed by atoms with Crippen LogP contribution in [0.25, 0.3) is 11.3 Å². The van der Waals surface area contributed by atoms with E-state index in [1.807, 2.05) is 26.1 Å². The highest BCUT2D eigenvalue weighted by Crippen LogP contribution is 2.25. The van der Waals surface area contributed by atoms with E-state index in [2.05, 4.69) is 20.4 Å². The third kappa shape index (κ3) is 4.34. The Labute approximate surface area is 183 Å². The Hall–Kier alpha value is -3.52. The van der Waals surface area contributed by atoms with Gasteiger partial charge in [0, 0.05) is 37.1 Å². The minimum atomic E-state index is -0.503. The van der Waals surface area contributed by atoms with Gasteiger partial charge in [-0.05, 0) is 36.2 Å². The molecule has 0 radical (unpaired) electrons. The van der Waals surface area contributed by atoms with E-state index in [0.29, 0.717) is 29.2 Å². The largest absolute Gasteiger partial charge is 0.309 e. The fourth-order valence-corrected chi connectivity index (χ4v) is 3.53. The number of hydrogen-bond acceptors (Lipinski definition) is 5. The summed E-state index contributed by atoms with van der Waals surface area (Å²) in [6.45, 7) is 1.94. The number of benzene rings is 1. The number of aromatic nitrogens is 5. The van der Waals surface area contributed by atoms with Gasteiger partial charge in [0.1, 0.15) is 11.6 Å². The number of nitrogens with zero attached hydrogens (tertiary/aromatic N) is 5. The maximum absolute atomic E-state index is 13.9. The molecular formula is C22H20ClFN6O. The molecule has 9 heteroatoms. The molecule has 1 aromatic carbocycles. The van der Waals surface area contributed by atoms with Gasteiger partial charge in [0.15, 0.2) is 0 Å². The van der Waals surface area contributed by atoms with Crippen LogP contribution in [-0.2, 0) is 7.05 Å². The Morgan fingerprint density at radius 3 is 2.68 bits per heavy atom. The summed E-state index contributed by atoms with van der Waals surface area (Å²) in [6.07, 6.45) is 5.61. The second-order valence-corrected chi connectivity index (χ2v) is 7.40. The highest BCUT2D eigenvalue weighted by molar-refractivity contribution is 6.30. The molecule has 3 aromatic heterocycles. The number of anilines is 2. The first-order chi connectivity index (χ1) is 15.0. The zero-order chi connectivity index (χ0) is 22.0. The third-order valence-corrected chi connectivity index (χ3v) is 5.32. The van der Waals surface area contributed by atoms with Crippen LogP contribution in [0.2, 0.25) is 5.02 Å². The summed E-state index contributed by atoms with van der Waals surface area (Å²) in [5.74, 6) is 0.638. The maximum atomic E-state index is 13.9. The van der Waals surface area contributed by atoms with Gasteiger partial charge in [-0.15, -0.1) is 0 Å². The first-order valence-corrected chi connectivity index (χ1v) is 10.1. The predicted molar refractivity (Wildman–Crippen MR) is 118 cm³/mol. The van der Waals surface area contributed by atoms with Gasteiger partial charge in [0.05, 0.1) is 23.0 Å². The van der Waals surface area contributed by atoms with Crippen LogP contribution in [0.15, 0.2) is 65.8 Å². The van der Waals surface area contributed by atoms with Crippen LogP contribution in [0.5, 0.6) is 0 Å². The lowest BCUT2D eigenvalue weighted by Gasteiger charge is -2.19. The lowest BCUT2D eigenvalue weighted by atomic mass is 10.0.